The Balaban J connectivity index is 1.36. The topological polar surface area (TPSA) is 67.2 Å². The third-order valence-corrected chi connectivity index (χ3v) is 8.03. The Bertz CT molecular complexity index is 1130. The molecule has 3 fully saturated rings. The van der Waals surface area contributed by atoms with Crippen molar-refractivity contribution in [3.05, 3.63) is 29.6 Å². The maximum absolute atomic E-state index is 13.7. The molecule has 8 heteroatoms. The van der Waals surface area contributed by atoms with Gasteiger partial charge in [-0.2, -0.15) is 0 Å². The molecule has 1 aromatic heterocycles. The fourth-order valence-electron chi connectivity index (χ4n) is 5.68. The summed E-state index contributed by atoms with van der Waals surface area (Å²) in [5.41, 5.74) is 1.93. The van der Waals surface area contributed by atoms with Gasteiger partial charge < -0.3 is 14.8 Å². The van der Waals surface area contributed by atoms with E-state index in [0.717, 1.165) is 37.0 Å². The fraction of sp³-hybridized carbons (Fsp3) is 0.679. The van der Waals surface area contributed by atoms with Crippen molar-refractivity contribution in [1.29, 1.82) is 0 Å². The van der Waals surface area contributed by atoms with Gasteiger partial charge in [0.1, 0.15) is 11.3 Å². The molecule has 2 aromatic rings. The largest absolute Gasteiger partial charge is 0.353 e. The highest BCUT2D eigenvalue weighted by atomic mass is 19.3. The molecule has 3 aliphatic rings. The first-order valence-corrected chi connectivity index (χ1v) is 13.5. The predicted molar refractivity (Wildman–Crippen MR) is 135 cm³/mol. The maximum atomic E-state index is 13.7. The van der Waals surface area contributed by atoms with Crippen LogP contribution in [0.1, 0.15) is 88.3 Å². The molecule has 0 spiro atoms. The van der Waals surface area contributed by atoms with Gasteiger partial charge in [0, 0.05) is 49.9 Å². The molecule has 1 aromatic carbocycles. The van der Waals surface area contributed by atoms with Crippen LogP contribution in [0.25, 0.3) is 11.0 Å². The van der Waals surface area contributed by atoms with E-state index in [1.165, 1.54) is 0 Å². The van der Waals surface area contributed by atoms with Gasteiger partial charge in [0.2, 0.25) is 11.8 Å². The van der Waals surface area contributed by atoms with Gasteiger partial charge in [0.15, 0.2) is 0 Å². The van der Waals surface area contributed by atoms with Gasteiger partial charge in [0.05, 0.1) is 11.1 Å². The Morgan fingerprint density at radius 2 is 1.72 bits per heavy atom. The van der Waals surface area contributed by atoms with E-state index in [9.17, 15) is 18.4 Å². The van der Waals surface area contributed by atoms with E-state index in [0.29, 0.717) is 43.6 Å². The quantitative estimate of drug-likeness (QED) is 0.607. The standard InChI is InChI=1S/C28H38F2N4O2/c1-27(2,3)26-32-23-21(25(36)33-15-11-20(12-16-33)31-24(35)19-7-8-19)5-4-6-22(23)34(26)17-18-9-13-28(29,30)14-10-18/h4-6,18-20H,7-17H2,1-3H3,(H,31,35). The lowest BCUT2D eigenvalue weighted by atomic mass is 9.86. The molecular formula is C28H38F2N4O2. The second kappa shape index (κ2) is 9.42. The number of amides is 2. The zero-order valence-electron chi connectivity index (χ0n) is 21.7. The Morgan fingerprint density at radius 3 is 2.33 bits per heavy atom. The van der Waals surface area contributed by atoms with Crippen molar-refractivity contribution < 1.29 is 18.4 Å². The first kappa shape index (κ1) is 25.2. The van der Waals surface area contributed by atoms with Crippen LogP contribution in [0.3, 0.4) is 0 Å². The van der Waals surface area contributed by atoms with Crippen molar-refractivity contribution >= 4 is 22.8 Å². The monoisotopic (exact) mass is 500 g/mol. The van der Waals surface area contributed by atoms with Crippen molar-refractivity contribution in [3.63, 3.8) is 0 Å². The van der Waals surface area contributed by atoms with Crippen LogP contribution in [0, 0.1) is 11.8 Å². The number of para-hydroxylation sites is 1. The van der Waals surface area contributed by atoms with Gasteiger partial charge in [-0.05, 0) is 56.6 Å². The highest BCUT2D eigenvalue weighted by Crippen LogP contribution is 2.38. The number of benzene rings is 1. The Labute approximate surface area is 211 Å². The summed E-state index contributed by atoms with van der Waals surface area (Å²) < 4.78 is 29.6. The molecule has 1 saturated heterocycles. The number of hydrogen-bond donors (Lipinski definition) is 1. The Morgan fingerprint density at radius 1 is 1.06 bits per heavy atom. The number of alkyl halides is 2. The number of hydrogen-bond acceptors (Lipinski definition) is 3. The van der Waals surface area contributed by atoms with E-state index in [-0.39, 0.29) is 47.9 Å². The predicted octanol–water partition coefficient (Wildman–Crippen LogP) is 5.29. The average molecular weight is 501 g/mol. The molecule has 2 aliphatic carbocycles. The first-order valence-electron chi connectivity index (χ1n) is 13.5. The van der Waals surface area contributed by atoms with Gasteiger partial charge >= 0.3 is 0 Å². The van der Waals surface area contributed by atoms with E-state index in [1.807, 2.05) is 23.1 Å². The zero-order valence-corrected chi connectivity index (χ0v) is 21.7. The van der Waals surface area contributed by atoms with E-state index < -0.39 is 5.92 Å². The molecule has 2 saturated carbocycles. The summed E-state index contributed by atoms with van der Waals surface area (Å²) in [7, 11) is 0. The lowest BCUT2D eigenvalue weighted by molar-refractivity contribution is -0.123. The lowest BCUT2D eigenvalue weighted by Crippen LogP contribution is -2.47. The molecule has 2 heterocycles. The average Bonchev–Trinajstić information content (AvgIpc) is 3.61. The molecule has 196 valence electrons. The summed E-state index contributed by atoms with van der Waals surface area (Å²) >= 11 is 0. The fourth-order valence-corrected chi connectivity index (χ4v) is 5.68. The SMILES string of the molecule is CC(C)(C)c1nc2c(C(=O)N3CCC(NC(=O)C4CC4)CC3)cccc2n1CC1CCC(F)(F)CC1. The molecule has 2 amide bonds. The minimum atomic E-state index is -2.55. The molecule has 36 heavy (non-hydrogen) atoms. The van der Waals surface area contributed by atoms with Crippen LogP contribution in [-0.2, 0) is 16.8 Å². The van der Waals surface area contributed by atoms with E-state index in [1.54, 1.807) is 0 Å². The number of carbonyl (C=O) groups is 2. The van der Waals surface area contributed by atoms with Crippen LogP contribution >= 0.6 is 0 Å². The minimum absolute atomic E-state index is 0.0324. The van der Waals surface area contributed by atoms with Crippen molar-refractivity contribution in [2.45, 2.75) is 96.1 Å². The van der Waals surface area contributed by atoms with E-state index in [2.05, 4.69) is 30.7 Å². The number of fused-ring (bicyclic) bond motifs is 1. The number of rotatable bonds is 5. The highest BCUT2D eigenvalue weighted by Gasteiger charge is 2.36. The third-order valence-electron chi connectivity index (χ3n) is 8.03. The second-order valence-corrected chi connectivity index (χ2v) is 12.1. The summed E-state index contributed by atoms with van der Waals surface area (Å²) in [6, 6.07) is 5.87. The van der Waals surface area contributed by atoms with E-state index in [4.69, 9.17) is 4.98 Å². The van der Waals surface area contributed by atoms with Crippen molar-refractivity contribution in [3.8, 4) is 0 Å². The molecule has 1 aliphatic heterocycles. The van der Waals surface area contributed by atoms with E-state index >= 15 is 0 Å². The van der Waals surface area contributed by atoms with Crippen LogP contribution < -0.4 is 5.32 Å². The maximum Gasteiger partial charge on any atom is 0.256 e. The number of piperidine rings is 1. The number of nitrogens with one attached hydrogen (secondary N) is 1. The number of imidazole rings is 1. The molecule has 1 N–H and O–H groups in total. The molecule has 0 radical (unpaired) electrons. The van der Waals surface area contributed by atoms with Gasteiger partial charge in [-0.15, -0.1) is 0 Å². The summed E-state index contributed by atoms with van der Waals surface area (Å²) in [5, 5.41) is 3.14. The van der Waals surface area contributed by atoms with Crippen molar-refractivity contribution in [2.24, 2.45) is 11.8 Å². The van der Waals surface area contributed by atoms with Crippen molar-refractivity contribution in [1.82, 2.24) is 19.8 Å². The van der Waals surface area contributed by atoms with Gasteiger partial charge in [0.25, 0.3) is 5.91 Å². The third kappa shape index (κ3) is 5.28. The Kier molecular flexibility index (Phi) is 6.58. The summed E-state index contributed by atoms with van der Waals surface area (Å²) in [6.07, 6.45) is 4.38. The second-order valence-electron chi connectivity index (χ2n) is 12.1. The summed E-state index contributed by atoms with van der Waals surface area (Å²) in [6.45, 7) is 8.15. The number of halogens is 2. The molecular weight excluding hydrogens is 462 g/mol. The number of nitrogens with zero attached hydrogens (tertiary/aromatic N) is 3. The van der Waals surface area contributed by atoms with Crippen LogP contribution in [0.15, 0.2) is 18.2 Å². The smallest absolute Gasteiger partial charge is 0.256 e. The summed E-state index contributed by atoms with van der Waals surface area (Å²) in [5.74, 6) is -1.17. The molecule has 6 nitrogen and oxygen atoms in total. The summed E-state index contributed by atoms with van der Waals surface area (Å²) in [4.78, 5) is 32.6. The van der Waals surface area contributed by atoms with Crippen LogP contribution in [0.4, 0.5) is 8.78 Å². The first-order chi connectivity index (χ1) is 17.0. The number of aromatic nitrogens is 2. The molecule has 0 atom stereocenters. The van der Waals surface area contributed by atoms with Crippen LogP contribution in [0.5, 0.6) is 0 Å². The van der Waals surface area contributed by atoms with Crippen LogP contribution in [-0.4, -0.2) is 51.3 Å². The zero-order chi connectivity index (χ0) is 25.7. The Hall–Kier alpha value is -2.51. The lowest BCUT2D eigenvalue weighted by Gasteiger charge is -2.32. The number of likely N-dealkylation sites (tertiary alicyclic amines) is 1. The highest BCUT2D eigenvalue weighted by molar-refractivity contribution is 6.05. The normalized spacial score (nSPS) is 21.6. The minimum Gasteiger partial charge on any atom is -0.353 e. The van der Waals surface area contributed by atoms with Gasteiger partial charge in [-0.3, -0.25) is 9.59 Å². The number of carbonyl (C=O) groups excluding carboxylic acids is 2. The molecule has 5 rings (SSSR count). The van der Waals surface area contributed by atoms with Crippen LogP contribution in [0.2, 0.25) is 0 Å². The molecule has 0 bridgehead atoms. The van der Waals surface area contributed by atoms with Crippen molar-refractivity contribution in [2.75, 3.05) is 13.1 Å². The van der Waals surface area contributed by atoms with Gasteiger partial charge in [-0.25, -0.2) is 13.8 Å². The van der Waals surface area contributed by atoms with Gasteiger partial charge in [-0.1, -0.05) is 26.8 Å². The molecule has 0 unspecified atom stereocenters.